The number of carbonyl (C=O) groups excluding carboxylic acids is 1. The molecule has 1 amide bonds. The molecule has 7 nitrogen and oxygen atoms in total. The zero-order valence-corrected chi connectivity index (χ0v) is 18.6. The maximum absolute atomic E-state index is 12.5. The van der Waals surface area contributed by atoms with E-state index in [0.717, 1.165) is 51.0 Å². The molecular weight excluding hydrogens is 390 g/mol. The number of nitrogens with zero attached hydrogens (tertiary/aromatic N) is 4. The first kappa shape index (κ1) is 21.6. The van der Waals surface area contributed by atoms with Crippen molar-refractivity contribution in [2.24, 2.45) is 0 Å². The number of aromatic nitrogens is 2. The van der Waals surface area contributed by atoms with E-state index >= 15 is 0 Å². The molecule has 2 aromatic rings. The lowest BCUT2D eigenvalue weighted by Crippen LogP contribution is -2.35. The highest BCUT2D eigenvalue weighted by atomic mass is 16.6. The summed E-state index contributed by atoms with van der Waals surface area (Å²) in [6.45, 7) is 5.37. The molecule has 2 aliphatic heterocycles. The highest BCUT2D eigenvalue weighted by Gasteiger charge is 2.27. The summed E-state index contributed by atoms with van der Waals surface area (Å²) in [7, 11) is 4.12. The molecule has 0 bridgehead atoms. The average molecular weight is 424 g/mol. The molecule has 0 saturated carbocycles. The van der Waals surface area contributed by atoms with Gasteiger partial charge < -0.3 is 15.0 Å². The van der Waals surface area contributed by atoms with E-state index in [1.165, 1.54) is 22.5 Å². The van der Waals surface area contributed by atoms with Crippen LogP contribution >= 0.6 is 0 Å². The second-order valence-electron chi connectivity index (χ2n) is 8.40. The first-order chi connectivity index (χ1) is 15.2. The smallest absolute Gasteiger partial charge is 0.410 e. The minimum Gasteiger partial charge on any atom is -0.445 e. The molecule has 3 heterocycles. The Hall–Kier alpha value is -2.64. The molecule has 7 heteroatoms. The summed E-state index contributed by atoms with van der Waals surface area (Å²) in [5.74, 6) is 0. The van der Waals surface area contributed by atoms with Crippen molar-refractivity contribution in [1.29, 1.82) is 0 Å². The summed E-state index contributed by atoms with van der Waals surface area (Å²) < 4.78 is 7.70. The van der Waals surface area contributed by atoms with E-state index in [0.29, 0.717) is 19.7 Å². The summed E-state index contributed by atoms with van der Waals surface area (Å²) in [5.41, 5.74) is 6.19. The number of hydrogen-bond donors (Lipinski definition) is 1. The van der Waals surface area contributed by atoms with Crippen molar-refractivity contribution >= 4 is 11.7 Å². The molecule has 0 unspecified atom stereocenters. The molecule has 0 aliphatic carbocycles. The van der Waals surface area contributed by atoms with Crippen molar-refractivity contribution in [1.82, 2.24) is 24.9 Å². The minimum atomic E-state index is -0.244. The van der Waals surface area contributed by atoms with Gasteiger partial charge in [-0.1, -0.05) is 36.4 Å². The molecule has 1 aromatic heterocycles. The van der Waals surface area contributed by atoms with Gasteiger partial charge in [-0.25, -0.2) is 4.79 Å². The fourth-order valence-electron chi connectivity index (χ4n) is 4.38. The largest absolute Gasteiger partial charge is 0.445 e. The molecule has 4 rings (SSSR count). The number of aryl methyl sites for hydroxylation is 1. The molecule has 1 aromatic carbocycles. The van der Waals surface area contributed by atoms with Crippen LogP contribution in [0.3, 0.4) is 0 Å². The molecule has 2 aliphatic rings. The molecular formula is C24H33N5O2. The molecule has 0 atom stereocenters. The van der Waals surface area contributed by atoms with Gasteiger partial charge in [-0.3, -0.25) is 9.58 Å². The van der Waals surface area contributed by atoms with Gasteiger partial charge in [0.05, 0.1) is 5.69 Å². The van der Waals surface area contributed by atoms with Crippen LogP contribution in [0.4, 0.5) is 4.79 Å². The van der Waals surface area contributed by atoms with Gasteiger partial charge in [-0.2, -0.15) is 5.10 Å². The third-order valence-corrected chi connectivity index (χ3v) is 6.07. The van der Waals surface area contributed by atoms with Crippen LogP contribution in [0.2, 0.25) is 0 Å². The van der Waals surface area contributed by atoms with Crippen molar-refractivity contribution in [3.05, 3.63) is 58.9 Å². The van der Waals surface area contributed by atoms with Gasteiger partial charge in [0.15, 0.2) is 0 Å². The quantitative estimate of drug-likeness (QED) is 0.707. The van der Waals surface area contributed by atoms with E-state index in [9.17, 15) is 4.79 Å². The van der Waals surface area contributed by atoms with Crippen molar-refractivity contribution in [3.8, 4) is 0 Å². The maximum atomic E-state index is 12.5. The fourth-order valence-corrected chi connectivity index (χ4v) is 4.38. The number of nitrogens with one attached hydrogen (secondary N) is 1. The number of hydrogen-bond acceptors (Lipinski definition) is 5. The maximum Gasteiger partial charge on any atom is 0.410 e. The SMILES string of the molecule is CNCCN(C)Cc1nn2c(c1C1=CCN(C(=O)OCc3ccccc3)CC1)CCC2. The van der Waals surface area contributed by atoms with Crippen molar-refractivity contribution in [2.45, 2.75) is 39.0 Å². The number of ether oxygens (including phenoxy) is 1. The summed E-state index contributed by atoms with van der Waals surface area (Å²) in [6, 6.07) is 9.81. The van der Waals surface area contributed by atoms with Crippen LogP contribution in [0.5, 0.6) is 0 Å². The predicted molar refractivity (Wildman–Crippen MR) is 122 cm³/mol. The van der Waals surface area contributed by atoms with Crippen molar-refractivity contribution in [3.63, 3.8) is 0 Å². The fraction of sp³-hybridized carbons (Fsp3) is 0.500. The number of fused-ring (bicyclic) bond motifs is 1. The average Bonchev–Trinajstić information content (AvgIpc) is 3.38. The Bertz CT molecular complexity index is 922. The van der Waals surface area contributed by atoms with Gasteiger partial charge in [-0.05, 0) is 44.5 Å². The van der Waals surface area contributed by atoms with Crippen molar-refractivity contribution in [2.75, 3.05) is 40.3 Å². The Balaban J connectivity index is 1.42. The predicted octanol–water partition coefficient (Wildman–Crippen LogP) is 2.91. The van der Waals surface area contributed by atoms with Gasteiger partial charge >= 0.3 is 6.09 Å². The molecule has 0 spiro atoms. The number of amides is 1. The lowest BCUT2D eigenvalue weighted by molar-refractivity contribution is 0.0998. The van der Waals surface area contributed by atoms with Crippen LogP contribution in [0, 0.1) is 0 Å². The van der Waals surface area contributed by atoms with Crippen LogP contribution in [-0.2, 0) is 30.9 Å². The number of rotatable bonds is 8. The highest BCUT2D eigenvalue weighted by Crippen LogP contribution is 2.32. The Morgan fingerprint density at radius 2 is 2.06 bits per heavy atom. The van der Waals surface area contributed by atoms with Crippen LogP contribution < -0.4 is 5.32 Å². The topological polar surface area (TPSA) is 62.6 Å². The van der Waals surface area contributed by atoms with E-state index < -0.39 is 0 Å². The Kier molecular flexibility index (Phi) is 7.04. The monoisotopic (exact) mass is 423 g/mol. The minimum absolute atomic E-state index is 0.244. The first-order valence-electron chi connectivity index (χ1n) is 11.2. The third-order valence-electron chi connectivity index (χ3n) is 6.07. The van der Waals surface area contributed by atoms with E-state index in [1.54, 1.807) is 4.90 Å². The molecule has 1 N–H and O–H groups in total. The van der Waals surface area contributed by atoms with Crippen LogP contribution in [-0.4, -0.2) is 65.9 Å². The summed E-state index contributed by atoms with van der Waals surface area (Å²) in [5, 5.41) is 8.15. The second-order valence-corrected chi connectivity index (χ2v) is 8.40. The van der Waals surface area contributed by atoms with E-state index in [-0.39, 0.29) is 6.09 Å². The number of carbonyl (C=O) groups is 1. The van der Waals surface area contributed by atoms with Gasteiger partial charge in [-0.15, -0.1) is 0 Å². The standard InChI is InChI=1S/C24H33N5O2/c1-25-12-16-27(2)17-21-23(22-9-6-13-29(22)26-21)20-10-14-28(15-11-20)24(30)31-18-19-7-4-3-5-8-19/h3-5,7-8,10,25H,6,9,11-18H2,1-2H3. The first-order valence-corrected chi connectivity index (χ1v) is 11.2. The Morgan fingerprint density at radius 3 is 2.81 bits per heavy atom. The second kappa shape index (κ2) is 10.1. The zero-order chi connectivity index (χ0) is 21.6. The number of benzene rings is 1. The number of likely N-dealkylation sites (N-methyl/N-ethyl adjacent to an activating group) is 2. The normalized spacial score (nSPS) is 15.8. The van der Waals surface area contributed by atoms with Crippen molar-refractivity contribution < 1.29 is 9.53 Å². The molecule has 0 saturated heterocycles. The summed E-state index contributed by atoms with van der Waals surface area (Å²) in [6.07, 6.45) is 5.04. The van der Waals surface area contributed by atoms with Gasteiger partial charge in [0.1, 0.15) is 6.61 Å². The van der Waals surface area contributed by atoms with Crippen LogP contribution in [0.25, 0.3) is 5.57 Å². The Morgan fingerprint density at radius 1 is 1.23 bits per heavy atom. The van der Waals surface area contributed by atoms with E-state index in [4.69, 9.17) is 9.84 Å². The molecule has 0 fully saturated rings. The summed E-state index contributed by atoms with van der Waals surface area (Å²) >= 11 is 0. The summed E-state index contributed by atoms with van der Waals surface area (Å²) in [4.78, 5) is 16.6. The van der Waals surface area contributed by atoms with Crippen LogP contribution in [0.15, 0.2) is 36.4 Å². The van der Waals surface area contributed by atoms with Gasteiger partial charge in [0, 0.05) is 50.5 Å². The van der Waals surface area contributed by atoms with E-state index in [1.807, 2.05) is 37.4 Å². The molecule has 166 valence electrons. The Labute approximate surface area is 184 Å². The third kappa shape index (κ3) is 5.17. The zero-order valence-electron chi connectivity index (χ0n) is 18.6. The molecule has 31 heavy (non-hydrogen) atoms. The molecule has 0 radical (unpaired) electrons. The lowest BCUT2D eigenvalue weighted by atomic mass is 9.96. The van der Waals surface area contributed by atoms with Gasteiger partial charge in [0.2, 0.25) is 0 Å². The van der Waals surface area contributed by atoms with Crippen LogP contribution in [0.1, 0.15) is 35.4 Å². The highest BCUT2D eigenvalue weighted by molar-refractivity contribution is 5.74. The van der Waals surface area contributed by atoms with Gasteiger partial charge in [0.25, 0.3) is 0 Å². The lowest BCUT2D eigenvalue weighted by Gasteiger charge is -2.26. The van der Waals surface area contributed by atoms with E-state index in [2.05, 4.69) is 28.0 Å².